The second kappa shape index (κ2) is 5.56. The predicted octanol–water partition coefficient (Wildman–Crippen LogP) is 2.17. The first-order valence-electron chi connectivity index (χ1n) is 6.98. The SMILES string of the molecule is O=C1C2CCCN2C(=O)CCN1Cc1ccc(Br)cc1. The van der Waals surface area contributed by atoms with Gasteiger partial charge in [0.05, 0.1) is 0 Å². The summed E-state index contributed by atoms with van der Waals surface area (Å²) >= 11 is 3.41. The van der Waals surface area contributed by atoms with Crippen molar-refractivity contribution < 1.29 is 9.59 Å². The van der Waals surface area contributed by atoms with Crippen molar-refractivity contribution >= 4 is 27.7 Å². The molecule has 0 saturated carbocycles. The van der Waals surface area contributed by atoms with E-state index in [1.54, 1.807) is 4.90 Å². The molecule has 4 nitrogen and oxygen atoms in total. The summed E-state index contributed by atoms with van der Waals surface area (Å²) in [5, 5.41) is 0. The Bertz CT molecular complexity index is 529. The molecule has 0 bridgehead atoms. The van der Waals surface area contributed by atoms with Crippen LogP contribution in [0, 0.1) is 0 Å². The molecule has 20 heavy (non-hydrogen) atoms. The number of carbonyl (C=O) groups excluding carboxylic acids is 2. The zero-order chi connectivity index (χ0) is 14.1. The van der Waals surface area contributed by atoms with Gasteiger partial charge in [-0.1, -0.05) is 28.1 Å². The molecule has 3 rings (SSSR count). The van der Waals surface area contributed by atoms with E-state index in [0.717, 1.165) is 29.4 Å². The van der Waals surface area contributed by atoms with E-state index in [1.165, 1.54) is 0 Å². The summed E-state index contributed by atoms with van der Waals surface area (Å²) in [7, 11) is 0. The van der Waals surface area contributed by atoms with Crippen LogP contribution < -0.4 is 0 Å². The number of hydrogen-bond acceptors (Lipinski definition) is 2. The summed E-state index contributed by atoms with van der Waals surface area (Å²) in [6, 6.07) is 7.75. The minimum atomic E-state index is -0.222. The summed E-state index contributed by atoms with van der Waals surface area (Å²) in [5.41, 5.74) is 1.10. The molecule has 2 heterocycles. The van der Waals surface area contributed by atoms with Gasteiger partial charge in [0.25, 0.3) is 0 Å². The molecule has 1 aromatic rings. The molecule has 1 atom stereocenters. The summed E-state index contributed by atoms with van der Waals surface area (Å²) in [4.78, 5) is 28.2. The average molecular weight is 337 g/mol. The monoisotopic (exact) mass is 336 g/mol. The molecule has 1 aromatic carbocycles. The van der Waals surface area contributed by atoms with Crippen LogP contribution >= 0.6 is 15.9 Å². The fourth-order valence-electron chi connectivity index (χ4n) is 2.98. The lowest BCUT2D eigenvalue weighted by Crippen LogP contribution is -2.43. The van der Waals surface area contributed by atoms with Crippen LogP contribution in [0.5, 0.6) is 0 Å². The lowest BCUT2D eigenvalue weighted by atomic mass is 10.1. The molecule has 2 aliphatic heterocycles. The van der Waals surface area contributed by atoms with Crippen molar-refractivity contribution in [2.24, 2.45) is 0 Å². The van der Waals surface area contributed by atoms with Gasteiger partial charge >= 0.3 is 0 Å². The second-order valence-electron chi connectivity index (χ2n) is 5.38. The fraction of sp³-hybridized carbons (Fsp3) is 0.467. The van der Waals surface area contributed by atoms with Gasteiger partial charge in [0.15, 0.2) is 0 Å². The minimum absolute atomic E-state index is 0.108. The van der Waals surface area contributed by atoms with E-state index in [2.05, 4.69) is 15.9 Å². The van der Waals surface area contributed by atoms with Gasteiger partial charge in [-0.3, -0.25) is 9.59 Å². The van der Waals surface area contributed by atoms with Gasteiger partial charge in [0.1, 0.15) is 6.04 Å². The largest absolute Gasteiger partial charge is 0.336 e. The standard InChI is InChI=1S/C15H17BrN2O2/c16-12-5-3-11(4-6-12)10-17-9-7-14(19)18-8-1-2-13(18)15(17)20/h3-6,13H,1-2,7-10H2. The van der Waals surface area contributed by atoms with Crippen LogP contribution in [0.3, 0.4) is 0 Å². The van der Waals surface area contributed by atoms with Crippen molar-refractivity contribution in [1.82, 2.24) is 9.80 Å². The normalized spacial score (nSPS) is 22.9. The first-order chi connectivity index (χ1) is 9.65. The molecule has 2 amide bonds. The quantitative estimate of drug-likeness (QED) is 0.830. The third-order valence-corrected chi connectivity index (χ3v) is 4.58. The third-order valence-electron chi connectivity index (χ3n) is 4.05. The van der Waals surface area contributed by atoms with E-state index < -0.39 is 0 Å². The van der Waals surface area contributed by atoms with Crippen LogP contribution in [0.2, 0.25) is 0 Å². The minimum Gasteiger partial charge on any atom is -0.336 e. The number of hydrogen-bond donors (Lipinski definition) is 0. The molecule has 0 aromatic heterocycles. The molecular formula is C15H17BrN2O2. The van der Waals surface area contributed by atoms with Gasteiger partial charge < -0.3 is 9.80 Å². The van der Waals surface area contributed by atoms with Crippen molar-refractivity contribution in [3.8, 4) is 0 Å². The average Bonchev–Trinajstić information content (AvgIpc) is 2.90. The van der Waals surface area contributed by atoms with Crippen molar-refractivity contribution in [3.05, 3.63) is 34.3 Å². The highest BCUT2D eigenvalue weighted by Gasteiger charge is 2.38. The van der Waals surface area contributed by atoms with Crippen molar-refractivity contribution in [2.75, 3.05) is 13.1 Å². The highest BCUT2D eigenvalue weighted by atomic mass is 79.9. The van der Waals surface area contributed by atoms with Gasteiger partial charge in [-0.15, -0.1) is 0 Å². The maximum atomic E-state index is 12.6. The summed E-state index contributed by atoms with van der Waals surface area (Å²) < 4.78 is 1.03. The lowest BCUT2D eigenvalue weighted by molar-refractivity contribution is -0.139. The fourth-order valence-corrected chi connectivity index (χ4v) is 3.25. The maximum absolute atomic E-state index is 12.6. The smallest absolute Gasteiger partial charge is 0.245 e. The number of halogens is 1. The Morgan fingerprint density at radius 1 is 1.15 bits per heavy atom. The van der Waals surface area contributed by atoms with Gasteiger partial charge in [-0.2, -0.15) is 0 Å². The zero-order valence-corrected chi connectivity index (χ0v) is 12.8. The highest BCUT2D eigenvalue weighted by molar-refractivity contribution is 9.10. The van der Waals surface area contributed by atoms with Crippen LogP contribution in [-0.4, -0.2) is 40.7 Å². The predicted molar refractivity (Wildman–Crippen MR) is 78.9 cm³/mol. The Morgan fingerprint density at radius 2 is 1.90 bits per heavy atom. The number of fused-ring (bicyclic) bond motifs is 1. The van der Waals surface area contributed by atoms with Crippen LogP contribution in [-0.2, 0) is 16.1 Å². The van der Waals surface area contributed by atoms with Crippen molar-refractivity contribution in [3.63, 3.8) is 0 Å². The summed E-state index contributed by atoms with van der Waals surface area (Å²) in [5.74, 6) is 0.232. The molecule has 0 spiro atoms. The number of amides is 2. The van der Waals surface area contributed by atoms with Crippen LogP contribution in [0.15, 0.2) is 28.7 Å². The number of nitrogens with zero attached hydrogens (tertiary/aromatic N) is 2. The van der Waals surface area contributed by atoms with E-state index in [4.69, 9.17) is 0 Å². The van der Waals surface area contributed by atoms with Gasteiger partial charge in [-0.05, 0) is 30.5 Å². The van der Waals surface area contributed by atoms with Crippen molar-refractivity contribution in [1.29, 1.82) is 0 Å². The molecule has 106 valence electrons. The van der Waals surface area contributed by atoms with Crippen LogP contribution in [0.1, 0.15) is 24.8 Å². The Kier molecular flexibility index (Phi) is 3.78. The first-order valence-corrected chi connectivity index (χ1v) is 7.77. The molecule has 1 unspecified atom stereocenters. The first kappa shape index (κ1) is 13.6. The van der Waals surface area contributed by atoms with Gasteiger partial charge in [0.2, 0.25) is 11.8 Å². The lowest BCUT2D eigenvalue weighted by Gasteiger charge is -2.25. The number of benzene rings is 1. The Hall–Kier alpha value is -1.36. The Balaban J connectivity index is 1.77. The molecule has 2 saturated heterocycles. The molecule has 0 aliphatic carbocycles. The number of carbonyl (C=O) groups is 2. The molecule has 0 N–H and O–H groups in total. The highest BCUT2D eigenvalue weighted by Crippen LogP contribution is 2.24. The Labute approximate surface area is 126 Å². The third kappa shape index (κ3) is 2.59. The molecular weight excluding hydrogens is 320 g/mol. The van der Waals surface area contributed by atoms with E-state index in [-0.39, 0.29) is 17.9 Å². The molecule has 0 radical (unpaired) electrons. The summed E-state index contributed by atoms with van der Waals surface area (Å²) in [6.45, 7) is 1.85. The molecule has 5 heteroatoms. The second-order valence-corrected chi connectivity index (χ2v) is 6.30. The van der Waals surface area contributed by atoms with E-state index in [0.29, 0.717) is 19.5 Å². The zero-order valence-electron chi connectivity index (χ0n) is 11.2. The maximum Gasteiger partial charge on any atom is 0.245 e. The summed E-state index contributed by atoms with van der Waals surface area (Å²) in [6.07, 6.45) is 2.19. The van der Waals surface area contributed by atoms with Crippen LogP contribution in [0.25, 0.3) is 0 Å². The topological polar surface area (TPSA) is 40.6 Å². The van der Waals surface area contributed by atoms with Gasteiger partial charge in [0, 0.05) is 30.5 Å². The van der Waals surface area contributed by atoms with E-state index in [9.17, 15) is 9.59 Å². The van der Waals surface area contributed by atoms with Crippen LogP contribution in [0.4, 0.5) is 0 Å². The van der Waals surface area contributed by atoms with E-state index in [1.807, 2.05) is 29.2 Å². The van der Waals surface area contributed by atoms with Gasteiger partial charge in [-0.25, -0.2) is 0 Å². The molecule has 2 fully saturated rings. The van der Waals surface area contributed by atoms with Crippen molar-refractivity contribution in [2.45, 2.75) is 31.8 Å². The Morgan fingerprint density at radius 3 is 2.65 bits per heavy atom. The van der Waals surface area contributed by atoms with E-state index >= 15 is 0 Å². The number of rotatable bonds is 2. The molecule has 2 aliphatic rings.